The summed E-state index contributed by atoms with van der Waals surface area (Å²) in [4.78, 5) is 2.13. The van der Waals surface area contributed by atoms with Crippen LogP contribution in [0.2, 0.25) is 0 Å². The summed E-state index contributed by atoms with van der Waals surface area (Å²) in [7, 11) is 0. The van der Waals surface area contributed by atoms with Gasteiger partial charge in [0, 0.05) is 24.2 Å². The number of halogens is 1. The molecule has 5 heteroatoms. The Bertz CT molecular complexity index is 490. The molecule has 0 aromatic heterocycles. The highest BCUT2D eigenvalue weighted by molar-refractivity contribution is 7.80. The van der Waals surface area contributed by atoms with Gasteiger partial charge in [0.15, 0.2) is 0 Å². The zero-order valence-electron chi connectivity index (χ0n) is 11.0. The highest BCUT2D eigenvalue weighted by Gasteiger charge is 2.28. The summed E-state index contributed by atoms with van der Waals surface area (Å²) >= 11 is 4.83. The number of thiocarbonyl (C=S) groups is 1. The fraction of sp³-hybridized carbons (Fsp3) is 0.500. The normalized spacial score (nSPS) is 24.4. The maximum atomic E-state index is 14.2. The Labute approximate surface area is 118 Å². The number of β-amino-alcohol motifs (C(OH)–C–C–N with tert-alkyl or cyclic N) is 1. The summed E-state index contributed by atoms with van der Waals surface area (Å²) in [6.45, 7) is 3.72. The zero-order chi connectivity index (χ0) is 14.0. The molecule has 1 saturated heterocycles. The third-order valence-electron chi connectivity index (χ3n) is 3.49. The van der Waals surface area contributed by atoms with Gasteiger partial charge in [-0.1, -0.05) is 24.4 Å². The molecule has 1 unspecified atom stereocenters. The van der Waals surface area contributed by atoms with Crippen molar-refractivity contribution in [3.05, 3.63) is 35.1 Å². The van der Waals surface area contributed by atoms with Gasteiger partial charge >= 0.3 is 0 Å². The number of hydrogen-bond donors (Lipinski definition) is 2. The van der Waals surface area contributed by atoms with Crippen LogP contribution >= 0.6 is 12.2 Å². The zero-order valence-corrected chi connectivity index (χ0v) is 11.8. The summed E-state index contributed by atoms with van der Waals surface area (Å²) in [5.74, 6) is -0.347. The summed E-state index contributed by atoms with van der Waals surface area (Å²) in [5, 5.41) is 10.1. The number of rotatable bonds is 3. The number of piperidine rings is 1. The van der Waals surface area contributed by atoms with Gasteiger partial charge in [0.05, 0.1) is 5.60 Å². The van der Waals surface area contributed by atoms with E-state index in [-0.39, 0.29) is 16.4 Å². The smallest absolute Gasteiger partial charge is 0.137 e. The highest BCUT2D eigenvalue weighted by atomic mass is 32.1. The van der Waals surface area contributed by atoms with Crippen LogP contribution in [-0.2, 0) is 6.54 Å². The minimum Gasteiger partial charge on any atom is -0.389 e. The Hall–Kier alpha value is -1.04. The van der Waals surface area contributed by atoms with Gasteiger partial charge in [0.1, 0.15) is 10.8 Å². The van der Waals surface area contributed by atoms with Crippen LogP contribution < -0.4 is 5.73 Å². The summed E-state index contributed by atoms with van der Waals surface area (Å²) < 4.78 is 14.2. The molecule has 0 spiro atoms. The molecule has 1 aromatic rings. The first kappa shape index (κ1) is 14.4. The van der Waals surface area contributed by atoms with Crippen LogP contribution in [-0.4, -0.2) is 33.7 Å². The molecule has 1 aliphatic heterocycles. The molecule has 0 radical (unpaired) electrons. The van der Waals surface area contributed by atoms with Crippen molar-refractivity contribution < 1.29 is 9.50 Å². The first-order valence-electron chi connectivity index (χ1n) is 6.41. The fourth-order valence-electron chi connectivity index (χ4n) is 2.59. The van der Waals surface area contributed by atoms with Crippen molar-refractivity contribution in [1.29, 1.82) is 0 Å². The largest absolute Gasteiger partial charge is 0.389 e. The van der Waals surface area contributed by atoms with Crippen molar-refractivity contribution in [3.63, 3.8) is 0 Å². The standard InChI is InChI=1S/C14H19FN2OS/c1-14(18)6-3-7-17(9-14)8-10-4-2-5-11(12(10)15)13(16)19/h2,4-5,18H,3,6-9H2,1H3,(H2,16,19). The van der Waals surface area contributed by atoms with Crippen LogP contribution in [0.3, 0.4) is 0 Å². The van der Waals surface area contributed by atoms with Crippen LogP contribution in [0.25, 0.3) is 0 Å². The molecule has 3 nitrogen and oxygen atoms in total. The van der Waals surface area contributed by atoms with E-state index >= 15 is 0 Å². The maximum Gasteiger partial charge on any atom is 0.137 e. The van der Waals surface area contributed by atoms with E-state index in [0.29, 0.717) is 18.7 Å². The van der Waals surface area contributed by atoms with E-state index in [1.54, 1.807) is 18.2 Å². The second-order valence-electron chi connectivity index (χ2n) is 5.45. The Kier molecular flexibility index (Phi) is 4.18. The second kappa shape index (κ2) is 5.53. The van der Waals surface area contributed by atoms with Gasteiger partial charge in [-0.05, 0) is 32.4 Å². The molecule has 19 heavy (non-hydrogen) atoms. The minimum absolute atomic E-state index is 0.0741. The summed E-state index contributed by atoms with van der Waals surface area (Å²) in [5.41, 5.74) is 5.67. The van der Waals surface area contributed by atoms with E-state index in [0.717, 1.165) is 19.4 Å². The Morgan fingerprint density at radius 2 is 2.32 bits per heavy atom. The molecule has 0 bridgehead atoms. The molecule has 2 rings (SSSR count). The van der Waals surface area contributed by atoms with Crippen molar-refractivity contribution in [2.75, 3.05) is 13.1 Å². The quantitative estimate of drug-likeness (QED) is 0.830. The number of benzene rings is 1. The van der Waals surface area contributed by atoms with Crippen LogP contribution in [0.1, 0.15) is 30.9 Å². The molecule has 0 aliphatic carbocycles. The average Bonchev–Trinajstić information content (AvgIpc) is 2.30. The Balaban J connectivity index is 2.15. The van der Waals surface area contributed by atoms with Gasteiger partial charge in [-0.3, -0.25) is 4.90 Å². The molecule has 1 atom stereocenters. The third-order valence-corrected chi connectivity index (χ3v) is 3.71. The van der Waals surface area contributed by atoms with E-state index in [1.165, 1.54) is 0 Å². The Morgan fingerprint density at radius 3 is 2.95 bits per heavy atom. The van der Waals surface area contributed by atoms with Gasteiger partial charge in [-0.25, -0.2) is 4.39 Å². The molecule has 1 fully saturated rings. The van der Waals surface area contributed by atoms with Gasteiger partial charge in [-0.2, -0.15) is 0 Å². The lowest BCUT2D eigenvalue weighted by Gasteiger charge is -2.36. The van der Waals surface area contributed by atoms with Crippen LogP contribution in [0.5, 0.6) is 0 Å². The molecule has 104 valence electrons. The molecule has 3 N–H and O–H groups in total. The fourth-order valence-corrected chi connectivity index (χ4v) is 2.75. The van der Waals surface area contributed by atoms with Gasteiger partial charge in [0.2, 0.25) is 0 Å². The van der Waals surface area contributed by atoms with Crippen molar-refractivity contribution in [1.82, 2.24) is 4.90 Å². The number of hydrogen-bond acceptors (Lipinski definition) is 3. The van der Waals surface area contributed by atoms with E-state index in [4.69, 9.17) is 18.0 Å². The third kappa shape index (κ3) is 3.49. The van der Waals surface area contributed by atoms with Crippen LogP contribution in [0.4, 0.5) is 4.39 Å². The predicted molar refractivity (Wildman–Crippen MR) is 77.4 cm³/mol. The monoisotopic (exact) mass is 282 g/mol. The first-order chi connectivity index (χ1) is 8.89. The average molecular weight is 282 g/mol. The van der Waals surface area contributed by atoms with Gasteiger partial charge in [-0.15, -0.1) is 0 Å². The van der Waals surface area contributed by atoms with Crippen LogP contribution in [0.15, 0.2) is 18.2 Å². The lowest BCUT2D eigenvalue weighted by atomic mass is 9.94. The summed E-state index contributed by atoms with van der Waals surface area (Å²) in [6.07, 6.45) is 1.71. The van der Waals surface area contributed by atoms with Crippen molar-refractivity contribution in [2.45, 2.75) is 31.9 Å². The highest BCUT2D eigenvalue weighted by Crippen LogP contribution is 2.23. The summed E-state index contributed by atoms with van der Waals surface area (Å²) in [6, 6.07) is 5.09. The lowest BCUT2D eigenvalue weighted by Crippen LogP contribution is -2.45. The predicted octanol–water partition coefficient (Wildman–Crippen LogP) is 1.81. The van der Waals surface area contributed by atoms with Crippen LogP contribution in [0, 0.1) is 5.82 Å². The van der Waals surface area contributed by atoms with E-state index < -0.39 is 5.60 Å². The van der Waals surface area contributed by atoms with Gasteiger partial charge in [0.25, 0.3) is 0 Å². The number of aliphatic hydroxyl groups is 1. The lowest BCUT2D eigenvalue weighted by molar-refractivity contribution is -0.0184. The molecular formula is C14H19FN2OS. The first-order valence-corrected chi connectivity index (χ1v) is 6.82. The molecule has 0 saturated carbocycles. The van der Waals surface area contributed by atoms with Crippen molar-refractivity contribution >= 4 is 17.2 Å². The van der Waals surface area contributed by atoms with E-state index in [1.807, 2.05) is 6.92 Å². The molecular weight excluding hydrogens is 263 g/mol. The topological polar surface area (TPSA) is 49.5 Å². The maximum absolute atomic E-state index is 14.2. The molecule has 1 aromatic carbocycles. The molecule has 1 heterocycles. The number of nitrogens with two attached hydrogens (primary N) is 1. The minimum atomic E-state index is -0.685. The van der Waals surface area contributed by atoms with E-state index in [9.17, 15) is 9.50 Å². The van der Waals surface area contributed by atoms with Crippen molar-refractivity contribution in [2.24, 2.45) is 5.73 Å². The number of nitrogens with zero attached hydrogens (tertiary/aromatic N) is 1. The molecule has 0 amide bonds. The second-order valence-corrected chi connectivity index (χ2v) is 5.89. The SMILES string of the molecule is CC1(O)CCCN(Cc2cccc(C(N)=S)c2F)C1. The van der Waals surface area contributed by atoms with Gasteiger partial charge < -0.3 is 10.8 Å². The number of likely N-dealkylation sites (tertiary alicyclic amines) is 1. The molecule has 1 aliphatic rings. The van der Waals surface area contributed by atoms with E-state index in [2.05, 4.69) is 4.90 Å². The Morgan fingerprint density at radius 1 is 1.58 bits per heavy atom. The van der Waals surface area contributed by atoms with Crippen molar-refractivity contribution in [3.8, 4) is 0 Å².